The summed E-state index contributed by atoms with van der Waals surface area (Å²) >= 11 is 1.71. The van der Waals surface area contributed by atoms with E-state index in [9.17, 15) is 4.39 Å². The van der Waals surface area contributed by atoms with Gasteiger partial charge in [-0.15, -0.1) is 0 Å². The summed E-state index contributed by atoms with van der Waals surface area (Å²) in [5, 5.41) is 8.25. The van der Waals surface area contributed by atoms with E-state index in [-0.39, 0.29) is 10.7 Å². The highest BCUT2D eigenvalue weighted by atomic mass is 32.2. The van der Waals surface area contributed by atoms with E-state index in [4.69, 9.17) is 0 Å². The number of aryl methyl sites for hydroxylation is 1. The second-order valence-electron chi connectivity index (χ2n) is 10.6. The van der Waals surface area contributed by atoms with Gasteiger partial charge in [0.05, 0.1) is 5.54 Å². The molecule has 0 amide bonds. The number of hydrogen-bond donors (Lipinski definition) is 2. The molecule has 3 heterocycles. The SMILES string of the molecule is CC.CC=N/C=C(\C)CC.CCC12CC1[C@@](C)(c1cc(Nc3nccc4cc(C)cnc34)cc(F)c1F)NC(=NC)S2. The van der Waals surface area contributed by atoms with E-state index in [0.29, 0.717) is 22.6 Å². The summed E-state index contributed by atoms with van der Waals surface area (Å²) in [6.07, 6.45) is 10.1. The minimum absolute atomic E-state index is 0.0140. The van der Waals surface area contributed by atoms with Crippen LogP contribution >= 0.6 is 11.8 Å². The summed E-state index contributed by atoms with van der Waals surface area (Å²) in [6, 6.07) is 6.75. The molecule has 5 rings (SSSR count). The van der Waals surface area contributed by atoms with E-state index in [2.05, 4.69) is 51.4 Å². The highest BCUT2D eigenvalue weighted by molar-refractivity contribution is 8.15. The first-order chi connectivity index (χ1) is 20.1. The van der Waals surface area contributed by atoms with Crippen LogP contribution in [0.3, 0.4) is 0 Å². The van der Waals surface area contributed by atoms with E-state index in [1.54, 1.807) is 43.5 Å². The summed E-state index contributed by atoms with van der Waals surface area (Å²) in [7, 11) is 1.72. The van der Waals surface area contributed by atoms with Gasteiger partial charge in [-0.1, -0.05) is 45.0 Å². The third-order valence-electron chi connectivity index (χ3n) is 7.78. The van der Waals surface area contributed by atoms with Crippen molar-refractivity contribution in [1.29, 1.82) is 0 Å². The Morgan fingerprint density at radius 2 is 1.95 bits per heavy atom. The molecule has 6 nitrogen and oxygen atoms in total. The molecule has 0 spiro atoms. The summed E-state index contributed by atoms with van der Waals surface area (Å²) in [6.45, 7) is 16.2. The fourth-order valence-corrected chi connectivity index (χ4v) is 6.72. The van der Waals surface area contributed by atoms with Gasteiger partial charge in [-0.25, -0.2) is 13.8 Å². The number of rotatable bonds is 6. The number of halogens is 2. The number of thioether (sulfide) groups is 1. The van der Waals surface area contributed by atoms with Gasteiger partial charge in [-0.05, 0) is 70.7 Å². The second-order valence-corrected chi connectivity index (χ2v) is 12.0. The zero-order valence-electron chi connectivity index (χ0n) is 26.3. The van der Waals surface area contributed by atoms with Gasteiger partial charge in [0, 0.05) is 65.2 Å². The maximum absolute atomic E-state index is 15.2. The fourth-order valence-electron chi connectivity index (χ4n) is 5.21. The zero-order chi connectivity index (χ0) is 31.1. The molecule has 2 aliphatic rings. The maximum Gasteiger partial charge on any atom is 0.164 e. The Hall–Kier alpha value is -3.33. The van der Waals surface area contributed by atoms with E-state index in [1.807, 2.05) is 53.0 Å². The monoisotopic (exact) mass is 594 g/mol. The van der Waals surface area contributed by atoms with Gasteiger partial charge in [0.2, 0.25) is 0 Å². The van der Waals surface area contributed by atoms with Crippen molar-refractivity contribution in [1.82, 2.24) is 15.3 Å². The number of aliphatic imine (C=N–C) groups is 2. The van der Waals surface area contributed by atoms with Crippen LogP contribution in [0.4, 0.5) is 20.3 Å². The van der Waals surface area contributed by atoms with Crippen LogP contribution in [0.1, 0.15) is 78.9 Å². The van der Waals surface area contributed by atoms with Crippen LogP contribution in [0, 0.1) is 24.5 Å². The van der Waals surface area contributed by atoms with Crippen molar-refractivity contribution in [3.63, 3.8) is 0 Å². The van der Waals surface area contributed by atoms with Crippen LogP contribution in [0.2, 0.25) is 0 Å². The number of aromatic nitrogens is 2. The summed E-state index contributed by atoms with van der Waals surface area (Å²) in [5.41, 5.74) is 3.00. The van der Waals surface area contributed by atoms with Crippen molar-refractivity contribution in [2.45, 2.75) is 84.9 Å². The van der Waals surface area contributed by atoms with Crippen molar-refractivity contribution in [2.24, 2.45) is 15.9 Å². The van der Waals surface area contributed by atoms with Crippen molar-refractivity contribution in [3.05, 3.63) is 71.2 Å². The molecule has 1 saturated heterocycles. The summed E-state index contributed by atoms with van der Waals surface area (Å²) in [5.74, 6) is -1.04. The predicted octanol–water partition coefficient (Wildman–Crippen LogP) is 9.08. The third kappa shape index (κ3) is 7.00. The lowest BCUT2D eigenvalue weighted by atomic mass is 9.84. The third-order valence-corrected chi connectivity index (χ3v) is 9.40. The lowest BCUT2D eigenvalue weighted by molar-refractivity contribution is 0.336. The van der Waals surface area contributed by atoms with E-state index in [0.717, 1.165) is 35.4 Å². The minimum Gasteiger partial charge on any atom is -0.355 e. The number of amidine groups is 1. The molecule has 9 heteroatoms. The largest absolute Gasteiger partial charge is 0.355 e. The molecule has 226 valence electrons. The number of fused-ring (bicyclic) bond motifs is 2. The van der Waals surface area contributed by atoms with Crippen molar-refractivity contribution < 1.29 is 8.78 Å². The fraction of sp³-hybridized carbons (Fsp3) is 0.455. The average molecular weight is 595 g/mol. The molecule has 1 aliphatic heterocycles. The molecule has 2 unspecified atom stereocenters. The van der Waals surface area contributed by atoms with Crippen LogP contribution in [0.25, 0.3) is 10.9 Å². The van der Waals surface area contributed by atoms with Crippen molar-refractivity contribution in [3.8, 4) is 0 Å². The quantitative estimate of drug-likeness (QED) is 0.279. The van der Waals surface area contributed by atoms with E-state index >= 15 is 4.39 Å². The Kier molecular flexibility index (Phi) is 11.2. The number of pyridine rings is 2. The predicted molar refractivity (Wildman–Crippen MR) is 176 cm³/mol. The van der Waals surface area contributed by atoms with Gasteiger partial charge in [0.15, 0.2) is 22.6 Å². The maximum atomic E-state index is 15.2. The lowest BCUT2D eigenvalue weighted by Gasteiger charge is -2.40. The minimum atomic E-state index is -0.895. The Morgan fingerprint density at radius 1 is 1.21 bits per heavy atom. The zero-order valence-corrected chi connectivity index (χ0v) is 27.1. The van der Waals surface area contributed by atoms with Gasteiger partial charge in [0.1, 0.15) is 5.52 Å². The molecule has 42 heavy (non-hydrogen) atoms. The summed E-state index contributed by atoms with van der Waals surface area (Å²) in [4.78, 5) is 17.2. The van der Waals surface area contributed by atoms with Crippen molar-refractivity contribution >= 4 is 45.6 Å². The molecule has 0 bridgehead atoms. The van der Waals surface area contributed by atoms with Crippen LogP contribution in [0.15, 0.2) is 58.4 Å². The molecule has 1 saturated carbocycles. The Bertz CT molecular complexity index is 1490. The molecule has 2 N–H and O–H groups in total. The van der Waals surface area contributed by atoms with Gasteiger partial charge in [-0.3, -0.25) is 15.0 Å². The first-order valence-corrected chi connectivity index (χ1v) is 15.5. The van der Waals surface area contributed by atoms with E-state index < -0.39 is 17.2 Å². The van der Waals surface area contributed by atoms with Gasteiger partial charge in [-0.2, -0.15) is 0 Å². The van der Waals surface area contributed by atoms with Gasteiger partial charge in [0.25, 0.3) is 0 Å². The van der Waals surface area contributed by atoms with Crippen molar-refractivity contribution in [2.75, 3.05) is 12.4 Å². The number of nitrogens with one attached hydrogen (secondary N) is 2. The van der Waals surface area contributed by atoms with Gasteiger partial charge < -0.3 is 10.6 Å². The number of nitrogens with zero attached hydrogens (tertiary/aromatic N) is 4. The lowest BCUT2D eigenvalue weighted by Crippen LogP contribution is -2.50. The molecule has 0 radical (unpaired) electrons. The molecule has 1 aliphatic carbocycles. The normalized spacial score (nSPS) is 23.8. The molecular formula is C33H44F2N6S. The smallest absolute Gasteiger partial charge is 0.164 e. The first-order valence-electron chi connectivity index (χ1n) is 14.7. The first kappa shape index (κ1) is 33.2. The second kappa shape index (κ2) is 14.2. The number of hydrogen-bond acceptors (Lipinski definition) is 6. The van der Waals surface area contributed by atoms with Crippen LogP contribution < -0.4 is 10.6 Å². The molecule has 2 fully saturated rings. The van der Waals surface area contributed by atoms with Crippen LogP contribution in [-0.2, 0) is 5.54 Å². The molecular weight excluding hydrogens is 550 g/mol. The highest BCUT2D eigenvalue weighted by Gasteiger charge is 2.66. The van der Waals surface area contributed by atoms with Crippen LogP contribution in [0.5, 0.6) is 0 Å². The van der Waals surface area contributed by atoms with Crippen LogP contribution in [-0.4, -0.2) is 33.1 Å². The van der Waals surface area contributed by atoms with E-state index in [1.165, 1.54) is 11.6 Å². The van der Waals surface area contributed by atoms with Gasteiger partial charge >= 0.3 is 0 Å². The molecule has 3 atom stereocenters. The Labute approximate surface area is 253 Å². The Balaban J connectivity index is 0.000000421. The topological polar surface area (TPSA) is 74.6 Å². The molecule has 1 aromatic carbocycles. The Morgan fingerprint density at radius 3 is 2.60 bits per heavy atom. The summed E-state index contributed by atoms with van der Waals surface area (Å²) < 4.78 is 30.0. The molecule has 3 aromatic rings. The molecule has 2 aromatic heterocycles. The number of anilines is 2. The average Bonchev–Trinajstić information content (AvgIpc) is 3.75. The number of allylic oxidation sites excluding steroid dienone is 1. The highest BCUT2D eigenvalue weighted by Crippen LogP contribution is 2.66. The standard InChI is InChI=1S/C24H25F2N5S.C7H13N.C2H6/c1-5-24-11-18(24)23(3,31-22(27-4)32-24)16-9-15(10-17(25)19(16)26)30-21-20-14(6-7-28-21)8-13(2)12-29-20;1-4-7(3)6-8-5-2;1-2/h6-10,12,18H,5,11H2,1-4H3,(H,27,31)(H,28,30);5-6H,4H2,1-3H3;1-2H3/b;7-6+,8-5?;/t18?,23-,24?;;/m1../s1. The number of benzene rings is 1.